The van der Waals surface area contributed by atoms with Gasteiger partial charge in [-0.25, -0.2) is 9.97 Å². The molecular formula is C21H16F3N3S. The van der Waals surface area contributed by atoms with Crippen LogP contribution in [0, 0.1) is 6.92 Å². The van der Waals surface area contributed by atoms with Gasteiger partial charge in [0.2, 0.25) is 5.95 Å². The van der Waals surface area contributed by atoms with Crippen LogP contribution in [0.15, 0.2) is 54.7 Å². The summed E-state index contributed by atoms with van der Waals surface area (Å²) in [5, 5.41) is 1.07. The van der Waals surface area contributed by atoms with Crippen molar-refractivity contribution >= 4 is 27.4 Å². The van der Waals surface area contributed by atoms with Gasteiger partial charge in [-0.2, -0.15) is 13.2 Å². The molecule has 0 amide bonds. The number of hydrogen-bond acceptors (Lipinski definition) is 4. The second kappa shape index (κ2) is 6.91. The standard InChI is InChI=1S/C21H16F3N3S/c1-12-16-11-14(9-13-3-2-4-15(10-13)21(22,23)24)5-6-18(16)28-19(12)17-7-8-26-20(25)27-17/h2-8,10-11H,9H2,1H3,(H2,25,26,27). The monoisotopic (exact) mass is 399 g/mol. The van der Waals surface area contributed by atoms with E-state index in [1.807, 2.05) is 31.2 Å². The number of halogens is 3. The molecular weight excluding hydrogens is 383 g/mol. The molecule has 2 N–H and O–H groups in total. The average molecular weight is 399 g/mol. The molecule has 7 heteroatoms. The number of hydrogen-bond donors (Lipinski definition) is 1. The van der Waals surface area contributed by atoms with Crippen molar-refractivity contribution in [3.63, 3.8) is 0 Å². The van der Waals surface area contributed by atoms with Gasteiger partial charge in [-0.1, -0.05) is 24.3 Å². The van der Waals surface area contributed by atoms with E-state index >= 15 is 0 Å². The first-order valence-electron chi connectivity index (χ1n) is 8.58. The fourth-order valence-corrected chi connectivity index (χ4v) is 4.38. The van der Waals surface area contributed by atoms with Crippen LogP contribution in [-0.4, -0.2) is 9.97 Å². The number of alkyl halides is 3. The molecule has 2 aromatic carbocycles. The summed E-state index contributed by atoms with van der Waals surface area (Å²) in [6, 6.07) is 13.3. The molecule has 4 aromatic rings. The van der Waals surface area contributed by atoms with E-state index in [0.717, 1.165) is 37.9 Å². The van der Waals surface area contributed by atoms with E-state index in [9.17, 15) is 13.2 Å². The first-order valence-corrected chi connectivity index (χ1v) is 9.40. The Bertz CT molecular complexity index is 1170. The van der Waals surface area contributed by atoms with Gasteiger partial charge in [0.05, 0.1) is 16.1 Å². The lowest BCUT2D eigenvalue weighted by Gasteiger charge is -2.09. The first kappa shape index (κ1) is 18.4. The molecule has 0 fully saturated rings. The third-order valence-corrected chi connectivity index (χ3v) is 5.87. The maximum Gasteiger partial charge on any atom is 0.416 e. The number of anilines is 1. The van der Waals surface area contributed by atoms with Crippen LogP contribution >= 0.6 is 11.3 Å². The van der Waals surface area contributed by atoms with Crippen LogP contribution in [0.5, 0.6) is 0 Å². The largest absolute Gasteiger partial charge is 0.416 e. The molecule has 4 rings (SSSR count). The zero-order chi connectivity index (χ0) is 19.9. The number of aromatic nitrogens is 2. The normalized spacial score (nSPS) is 11.9. The Morgan fingerprint density at radius 2 is 1.82 bits per heavy atom. The highest BCUT2D eigenvalue weighted by atomic mass is 32.1. The fourth-order valence-electron chi connectivity index (χ4n) is 3.22. The van der Waals surface area contributed by atoms with Gasteiger partial charge >= 0.3 is 6.18 Å². The molecule has 2 heterocycles. The number of benzene rings is 2. The molecule has 0 aliphatic rings. The van der Waals surface area contributed by atoms with Crippen molar-refractivity contribution in [2.45, 2.75) is 19.5 Å². The third-order valence-electron chi connectivity index (χ3n) is 4.57. The number of nitrogen functional groups attached to an aromatic ring is 1. The zero-order valence-electron chi connectivity index (χ0n) is 14.9. The van der Waals surface area contributed by atoms with Crippen LogP contribution in [0.3, 0.4) is 0 Å². The second-order valence-electron chi connectivity index (χ2n) is 6.56. The summed E-state index contributed by atoms with van der Waals surface area (Å²) < 4.78 is 39.9. The molecule has 0 atom stereocenters. The Kier molecular flexibility index (Phi) is 4.55. The molecule has 0 spiro atoms. The van der Waals surface area contributed by atoms with Gasteiger partial charge in [0.15, 0.2) is 0 Å². The summed E-state index contributed by atoms with van der Waals surface area (Å²) in [4.78, 5) is 9.23. The van der Waals surface area contributed by atoms with Crippen LogP contribution in [0.1, 0.15) is 22.3 Å². The van der Waals surface area contributed by atoms with Crippen molar-refractivity contribution in [3.05, 3.63) is 77.0 Å². The third kappa shape index (κ3) is 3.57. The SMILES string of the molecule is Cc1c(-c2ccnc(N)n2)sc2ccc(Cc3cccc(C(F)(F)F)c3)cc12. The van der Waals surface area contributed by atoms with Crippen molar-refractivity contribution in [1.82, 2.24) is 9.97 Å². The summed E-state index contributed by atoms with van der Waals surface area (Å²) in [6.45, 7) is 2.01. The highest BCUT2D eigenvalue weighted by Gasteiger charge is 2.30. The second-order valence-corrected chi connectivity index (χ2v) is 7.61. The lowest BCUT2D eigenvalue weighted by atomic mass is 10.0. The molecule has 0 radical (unpaired) electrons. The molecule has 0 unspecified atom stereocenters. The van der Waals surface area contributed by atoms with Crippen molar-refractivity contribution in [2.24, 2.45) is 0 Å². The van der Waals surface area contributed by atoms with Crippen LogP contribution in [0.25, 0.3) is 20.7 Å². The van der Waals surface area contributed by atoms with Gasteiger partial charge in [0.25, 0.3) is 0 Å². The lowest BCUT2D eigenvalue weighted by Crippen LogP contribution is -2.05. The number of thiophene rings is 1. The number of aryl methyl sites for hydroxylation is 1. The average Bonchev–Trinajstić information content (AvgIpc) is 2.98. The van der Waals surface area contributed by atoms with Gasteiger partial charge < -0.3 is 5.73 Å². The van der Waals surface area contributed by atoms with E-state index in [0.29, 0.717) is 12.0 Å². The Morgan fingerprint density at radius 1 is 1.04 bits per heavy atom. The van der Waals surface area contributed by atoms with Crippen molar-refractivity contribution < 1.29 is 13.2 Å². The maximum atomic E-state index is 12.9. The van der Waals surface area contributed by atoms with Crippen LogP contribution in [-0.2, 0) is 12.6 Å². The fraction of sp³-hybridized carbons (Fsp3) is 0.143. The smallest absolute Gasteiger partial charge is 0.368 e. The Balaban J connectivity index is 1.70. The maximum absolute atomic E-state index is 12.9. The number of nitrogens with zero attached hydrogens (tertiary/aromatic N) is 2. The minimum absolute atomic E-state index is 0.222. The molecule has 3 nitrogen and oxygen atoms in total. The van der Waals surface area contributed by atoms with Crippen LogP contribution in [0.4, 0.5) is 19.1 Å². The molecule has 0 aliphatic heterocycles. The summed E-state index contributed by atoms with van der Waals surface area (Å²) >= 11 is 1.61. The lowest BCUT2D eigenvalue weighted by molar-refractivity contribution is -0.137. The topological polar surface area (TPSA) is 51.8 Å². The number of fused-ring (bicyclic) bond motifs is 1. The molecule has 2 aromatic heterocycles. The van der Waals surface area contributed by atoms with Crippen molar-refractivity contribution in [3.8, 4) is 10.6 Å². The van der Waals surface area contributed by atoms with Gasteiger partial charge in [0, 0.05) is 10.9 Å². The zero-order valence-corrected chi connectivity index (χ0v) is 15.7. The Hall–Kier alpha value is -2.93. The van der Waals surface area contributed by atoms with Crippen molar-refractivity contribution in [1.29, 1.82) is 0 Å². The molecule has 0 saturated carbocycles. The van der Waals surface area contributed by atoms with Gasteiger partial charge in [-0.05, 0) is 59.7 Å². The Morgan fingerprint density at radius 3 is 2.57 bits per heavy atom. The summed E-state index contributed by atoms with van der Waals surface area (Å²) in [5.74, 6) is 0.222. The summed E-state index contributed by atoms with van der Waals surface area (Å²) in [6.07, 6.45) is -2.27. The van der Waals surface area contributed by atoms with Crippen LogP contribution in [0.2, 0.25) is 0 Å². The van der Waals surface area contributed by atoms with Crippen LogP contribution < -0.4 is 5.73 Å². The minimum Gasteiger partial charge on any atom is -0.368 e. The van der Waals surface area contributed by atoms with E-state index in [4.69, 9.17) is 5.73 Å². The summed E-state index contributed by atoms with van der Waals surface area (Å²) in [7, 11) is 0. The van der Waals surface area contributed by atoms with E-state index in [1.165, 1.54) is 12.1 Å². The van der Waals surface area contributed by atoms with Crippen molar-refractivity contribution in [2.75, 3.05) is 5.73 Å². The van der Waals surface area contributed by atoms with Gasteiger partial charge in [0.1, 0.15) is 0 Å². The highest BCUT2D eigenvalue weighted by Crippen LogP contribution is 2.38. The van der Waals surface area contributed by atoms with E-state index < -0.39 is 11.7 Å². The molecule has 0 aliphatic carbocycles. The van der Waals surface area contributed by atoms with E-state index in [2.05, 4.69) is 9.97 Å². The molecule has 28 heavy (non-hydrogen) atoms. The number of nitrogens with two attached hydrogens (primary N) is 1. The van der Waals surface area contributed by atoms with Gasteiger partial charge in [-0.15, -0.1) is 11.3 Å². The van der Waals surface area contributed by atoms with E-state index in [1.54, 1.807) is 23.6 Å². The molecule has 142 valence electrons. The Labute approximate surface area is 163 Å². The van der Waals surface area contributed by atoms with E-state index in [-0.39, 0.29) is 5.95 Å². The predicted octanol–water partition coefficient (Wildman–Crippen LogP) is 5.86. The highest BCUT2D eigenvalue weighted by molar-refractivity contribution is 7.22. The predicted molar refractivity (Wildman–Crippen MR) is 106 cm³/mol. The number of rotatable bonds is 3. The molecule has 0 saturated heterocycles. The molecule has 0 bridgehead atoms. The minimum atomic E-state index is -4.34. The summed E-state index contributed by atoms with van der Waals surface area (Å²) in [5.41, 5.74) is 8.50. The quantitative estimate of drug-likeness (QED) is 0.470. The van der Waals surface area contributed by atoms with Gasteiger partial charge in [-0.3, -0.25) is 0 Å². The first-order chi connectivity index (χ1) is 13.3.